The number of hydrogen-bond acceptors (Lipinski definition) is 6. The van der Waals surface area contributed by atoms with E-state index < -0.39 is 55.0 Å². The number of hydrogen-bond donors (Lipinski definition) is 8. The number of nitrogens with two attached hydrogens (primary N) is 1. The number of carbonyl (C=O) groups is 4. The number of benzene rings is 2. The molecule has 39 heavy (non-hydrogen) atoms. The number of amides is 3. The van der Waals surface area contributed by atoms with Gasteiger partial charge in [-0.2, -0.15) is 0 Å². The Morgan fingerprint density at radius 2 is 1.26 bits per heavy atom. The third-order valence-corrected chi connectivity index (χ3v) is 6.41. The largest absolute Gasteiger partial charge is 0.480 e. The summed E-state index contributed by atoms with van der Waals surface area (Å²) in [5.74, 6) is -3.33. The van der Waals surface area contributed by atoms with E-state index in [2.05, 4.69) is 25.9 Å². The average Bonchev–Trinajstić information content (AvgIpc) is 3.54. The molecule has 3 unspecified atom stereocenters. The standard InChI is InChI=1S/C27H30N6O6/c28-19(14-34)25(37)32-23(10-16-12-30-21-8-4-2-6-18(16)21)27(39)33-22(26(38)31-13-24(35)36)9-15-11-29-20-7-3-1-5-17(15)20/h1-8,11-12,19,22-23,29-30,34H,9-10,13-14,28H2,(H,31,38)(H,32,37)(H,33,39)(H,35,36). The van der Waals surface area contributed by atoms with Gasteiger partial charge < -0.3 is 41.9 Å². The van der Waals surface area contributed by atoms with E-state index >= 15 is 0 Å². The van der Waals surface area contributed by atoms with Crippen LogP contribution in [0.4, 0.5) is 0 Å². The normalized spacial score (nSPS) is 13.5. The first-order valence-corrected chi connectivity index (χ1v) is 12.3. The molecule has 0 saturated carbocycles. The van der Waals surface area contributed by atoms with Crippen molar-refractivity contribution in [3.05, 3.63) is 72.1 Å². The molecule has 0 fully saturated rings. The Bertz CT molecular complexity index is 1490. The molecule has 0 aliphatic carbocycles. The average molecular weight is 535 g/mol. The van der Waals surface area contributed by atoms with E-state index in [9.17, 15) is 24.3 Å². The maximum atomic E-state index is 13.6. The molecule has 204 valence electrons. The van der Waals surface area contributed by atoms with Crippen LogP contribution in [0.25, 0.3) is 21.8 Å². The number of aromatic amines is 2. The zero-order valence-corrected chi connectivity index (χ0v) is 20.9. The lowest BCUT2D eigenvalue weighted by Gasteiger charge is -2.24. The Balaban J connectivity index is 1.60. The van der Waals surface area contributed by atoms with Crippen LogP contribution in [0.15, 0.2) is 60.9 Å². The highest BCUT2D eigenvalue weighted by atomic mass is 16.4. The van der Waals surface area contributed by atoms with E-state index in [1.807, 2.05) is 48.5 Å². The number of rotatable bonds is 12. The number of aliphatic hydroxyl groups excluding tert-OH is 1. The number of nitrogens with one attached hydrogen (secondary N) is 5. The third kappa shape index (κ3) is 6.61. The lowest BCUT2D eigenvalue weighted by Crippen LogP contribution is -2.57. The van der Waals surface area contributed by atoms with E-state index in [4.69, 9.17) is 10.8 Å². The van der Waals surface area contributed by atoms with Crippen LogP contribution >= 0.6 is 0 Å². The van der Waals surface area contributed by atoms with Crippen LogP contribution in [0.1, 0.15) is 11.1 Å². The molecule has 4 aromatic rings. The van der Waals surface area contributed by atoms with Gasteiger partial charge in [0, 0.05) is 47.0 Å². The van der Waals surface area contributed by atoms with E-state index in [1.54, 1.807) is 12.4 Å². The molecular weight excluding hydrogens is 504 g/mol. The maximum absolute atomic E-state index is 13.6. The van der Waals surface area contributed by atoms with E-state index in [0.717, 1.165) is 32.9 Å². The highest BCUT2D eigenvalue weighted by Crippen LogP contribution is 2.21. The van der Waals surface area contributed by atoms with Gasteiger partial charge in [-0.3, -0.25) is 19.2 Å². The predicted molar refractivity (Wildman–Crippen MR) is 144 cm³/mol. The van der Waals surface area contributed by atoms with Gasteiger partial charge in [0.2, 0.25) is 17.7 Å². The van der Waals surface area contributed by atoms with Gasteiger partial charge in [-0.1, -0.05) is 36.4 Å². The fraction of sp³-hybridized carbons (Fsp3) is 0.259. The molecule has 0 aliphatic heterocycles. The van der Waals surface area contributed by atoms with Gasteiger partial charge >= 0.3 is 5.97 Å². The maximum Gasteiger partial charge on any atom is 0.322 e. The molecule has 3 atom stereocenters. The highest BCUT2D eigenvalue weighted by molar-refractivity contribution is 5.95. The van der Waals surface area contributed by atoms with Crippen molar-refractivity contribution in [1.82, 2.24) is 25.9 Å². The van der Waals surface area contributed by atoms with E-state index in [0.29, 0.717) is 0 Å². The second-order valence-electron chi connectivity index (χ2n) is 9.15. The number of carboxylic acid groups (broad SMARTS) is 1. The summed E-state index contributed by atoms with van der Waals surface area (Å²) < 4.78 is 0. The first-order chi connectivity index (χ1) is 18.8. The first-order valence-electron chi connectivity index (χ1n) is 12.3. The number of fused-ring (bicyclic) bond motifs is 2. The summed E-state index contributed by atoms with van der Waals surface area (Å²) in [4.78, 5) is 56.4. The number of aromatic nitrogens is 2. The summed E-state index contributed by atoms with van der Waals surface area (Å²) in [6.45, 7) is -1.24. The van der Waals surface area contributed by atoms with Gasteiger partial charge in [0.25, 0.3) is 0 Å². The summed E-state index contributed by atoms with van der Waals surface area (Å²) in [6.07, 6.45) is 3.58. The van der Waals surface area contributed by atoms with Crippen molar-refractivity contribution in [2.45, 2.75) is 31.0 Å². The van der Waals surface area contributed by atoms with Gasteiger partial charge in [0.05, 0.1) is 6.61 Å². The second kappa shape index (κ2) is 12.2. The lowest BCUT2D eigenvalue weighted by atomic mass is 10.0. The fourth-order valence-electron chi connectivity index (χ4n) is 4.38. The fourth-order valence-corrected chi connectivity index (χ4v) is 4.38. The van der Waals surface area contributed by atoms with Crippen LogP contribution in [0.3, 0.4) is 0 Å². The molecule has 0 bridgehead atoms. The number of carboxylic acids is 1. The molecule has 0 radical (unpaired) electrons. The van der Waals surface area contributed by atoms with Crippen LogP contribution in [0.5, 0.6) is 0 Å². The number of para-hydroxylation sites is 2. The Morgan fingerprint density at radius 3 is 1.77 bits per heavy atom. The van der Waals surface area contributed by atoms with Gasteiger partial charge in [-0.25, -0.2) is 0 Å². The molecule has 0 spiro atoms. The van der Waals surface area contributed by atoms with Crippen molar-refractivity contribution in [2.75, 3.05) is 13.2 Å². The van der Waals surface area contributed by atoms with Crippen LogP contribution in [0, 0.1) is 0 Å². The zero-order chi connectivity index (χ0) is 27.9. The Kier molecular flexibility index (Phi) is 8.59. The van der Waals surface area contributed by atoms with Crippen molar-refractivity contribution in [1.29, 1.82) is 0 Å². The minimum Gasteiger partial charge on any atom is -0.480 e. The quantitative estimate of drug-likeness (QED) is 0.124. The number of aliphatic carboxylic acids is 1. The van der Waals surface area contributed by atoms with Gasteiger partial charge in [-0.15, -0.1) is 0 Å². The topological polar surface area (TPSA) is 202 Å². The second-order valence-corrected chi connectivity index (χ2v) is 9.15. The van der Waals surface area contributed by atoms with Crippen molar-refractivity contribution in [3.63, 3.8) is 0 Å². The van der Waals surface area contributed by atoms with Gasteiger partial charge in [-0.05, 0) is 23.3 Å². The lowest BCUT2D eigenvalue weighted by molar-refractivity contribution is -0.138. The molecule has 2 aromatic carbocycles. The molecule has 2 aromatic heterocycles. The molecule has 0 aliphatic rings. The minimum absolute atomic E-state index is 0.0606. The highest BCUT2D eigenvalue weighted by Gasteiger charge is 2.29. The van der Waals surface area contributed by atoms with Crippen LogP contribution < -0.4 is 21.7 Å². The number of carbonyl (C=O) groups excluding carboxylic acids is 3. The zero-order valence-electron chi connectivity index (χ0n) is 20.9. The van der Waals surface area contributed by atoms with Crippen LogP contribution in [0.2, 0.25) is 0 Å². The van der Waals surface area contributed by atoms with Crippen molar-refractivity contribution in [2.24, 2.45) is 5.73 Å². The van der Waals surface area contributed by atoms with Crippen LogP contribution in [-0.2, 0) is 32.0 Å². The molecule has 12 heteroatoms. The third-order valence-electron chi connectivity index (χ3n) is 6.41. The monoisotopic (exact) mass is 534 g/mol. The molecule has 2 heterocycles. The molecule has 3 amide bonds. The molecule has 4 rings (SSSR count). The summed E-state index contributed by atoms with van der Waals surface area (Å²) >= 11 is 0. The Morgan fingerprint density at radius 1 is 0.769 bits per heavy atom. The molecule has 0 saturated heterocycles. The van der Waals surface area contributed by atoms with Crippen molar-refractivity contribution < 1.29 is 29.4 Å². The Hall–Kier alpha value is -4.68. The van der Waals surface area contributed by atoms with E-state index in [-0.39, 0.29) is 12.8 Å². The number of H-pyrrole nitrogens is 2. The predicted octanol–water partition coefficient (Wildman–Crippen LogP) is -0.0756. The SMILES string of the molecule is NC(CO)C(=O)NC(Cc1c[nH]c2ccccc12)C(=O)NC(Cc1c[nH]c2ccccc12)C(=O)NCC(=O)O. The van der Waals surface area contributed by atoms with Gasteiger partial charge in [0.15, 0.2) is 0 Å². The smallest absolute Gasteiger partial charge is 0.322 e. The van der Waals surface area contributed by atoms with E-state index in [1.165, 1.54) is 0 Å². The molecule has 9 N–H and O–H groups in total. The first kappa shape index (κ1) is 27.4. The molecular formula is C27H30N6O6. The summed E-state index contributed by atoms with van der Waals surface area (Å²) in [5, 5.41) is 27.6. The number of aliphatic hydroxyl groups is 1. The molecule has 12 nitrogen and oxygen atoms in total. The summed E-state index contributed by atoms with van der Waals surface area (Å²) in [7, 11) is 0. The summed E-state index contributed by atoms with van der Waals surface area (Å²) in [5.41, 5.74) is 8.83. The van der Waals surface area contributed by atoms with Gasteiger partial charge in [0.1, 0.15) is 24.7 Å². The summed E-state index contributed by atoms with van der Waals surface area (Å²) in [6, 6.07) is 11.3. The van der Waals surface area contributed by atoms with Crippen LogP contribution in [-0.4, -0.2) is 75.1 Å². The minimum atomic E-state index is -1.25. The van der Waals surface area contributed by atoms with Crippen molar-refractivity contribution >= 4 is 45.5 Å². The van der Waals surface area contributed by atoms with Crippen molar-refractivity contribution in [3.8, 4) is 0 Å². The Labute approximate surface area is 223 Å².